The van der Waals surface area contributed by atoms with Crippen LogP contribution in [0.25, 0.3) is 0 Å². The van der Waals surface area contributed by atoms with Gasteiger partial charge in [-0.15, -0.1) is 0 Å². The molecule has 0 aromatic heterocycles. The Bertz CT molecular complexity index is 1720. The molecule has 3 aromatic carbocycles. The summed E-state index contributed by atoms with van der Waals surface area (Å²) in [6.07, 6.45) is 9.10. The first-order valence-corrected chi connectivity index (χ1v) is 19.4. The van der Waals surface area contributed by atoms with E-state index in [4.69, 9.17) is 4.74 Å². The summed E-state index contributed by atoms with van der Waals surface area (Å²) in [5, 5.41) is 3.07. The third-order valence-corrected chi connectivity index (χ3v) is 11.9. The average molecular weight is 686 g/mol. The quantitative estimate of drug-likeness (QED) is 0.236. The lowest BCUT2D eigenvalue weighted by molar-refractivity contribution is -0.140. The van der Waals surface area contributed by atoms with E-state index in [1.165, 1.54) is 53.3 Å². The Labute approximate surface area is 292 Å². The fourth-order valence-electron chi connectivity index (χ4n) is 9.03. The van der Waals surface area contributed by atoms with Gasteiger partial charge in [0.25, 0.3) is 0 Å². The van der Waals surface area contributed by atoms with Crippen molar-refractivity contribution in [3.8, 4) is 5.75 Å². The first kappa shape index (κ1) is 35.0. The Morgan fingerprint density at radius 3 is 2.02 bits per heavy atom. The second-order valence-corrected chi connectivity index (χ2v) is 17.7. The number of benzene rings is 3. The van der Waals surface area contributed by atoms with E-state index in [9.17, 15) is 18.0 Å². The summed E-state index contributed by atoms with van der Waals surface area (Å²) in [6.45, 7) is 5.35. The van der Waals surface area contributed by atoms with Gasteiger partial charge in [-0.2, -0.15) is 0 Å². The lowest BCUT2D eigenvalue weighted by atomic mass is 9.48. The van der Waals surface area contributed by atoms with Crippen molar-refractivity contribution in [3.05, 3.63) is 95.6 Å². The highest BCUT2D eigenvalue weighted by Crippen LogP contribution is 2.60. The second-order valence-electron chi connectivity index (χ2n) is 15.8. The van der Waals surface area contributed by atoms with Crippen molar-refractivity contribution in [2.45, 2.75) is 89.3 Å². The standard InChI is InChI=1S/C40H51N3O5S/c1-39(2,3)41-38(45)36(22-28-10-7-6-8-11-28)42(26-29-12-9-13-35(21-29)48-4)37(44)27-43(49(5,46)47)34-16-14-33(15-17-34)40-23-30-18-31(24-40)20-32(19-30)25-40/h6-17,21,30-32,36H,18-20,22-27H2,1-5H3,(H,41,45)/t30?,31?,32?,36-,40?/m0/s1. The minimum atomic E-state index is -3.86. The molecule has 0 spiro atoms. The van der Waals surface area contributed by atoms with Crippen molar-refractivity contribution in [1.29, 1.82) is 0 Å². The highest BCUT2D eigenvalue weighted by molar-refractivity contribution is 7.92. The normalized spacial score (nSPS) is 23.5. The predicted octanol–water partition coefficient (Wildman–Crippen LogP) is 6.48. The van der Waals surface area contributed by atoms with Crippen LogP contribution in [-0.2, 0) is 38.0 Å². The first-order chi connectivity index (χ1) is 23.2. The summed E-state index contributed by atoms with van der Waals surface area (Å²) in [5.41, 5.74) is 3.02. The molecule has 4 aliphatic rings. The van der Waals surface area contributed by atoms with Gasteiger partial charge in [0.2, 0.25) is 21.8 Å². The number of carbonyl (C=O) groups is 2. The molecule has 4 bridgehead atoms. The van der Waals surface area contributed by atoms with E-state index in [-0.39, 0.29) is 24.3 Å². The monoisotopic (exact) mass is 685 g/mol. The number of anilines is 1. The number of rotatable bonds is 12. The molecule has 0 unspecified atom stereocenters. The maximum atomic E-state index is 14.5. The predicted molar refractivity (Wildman–Crippen MR) is 194 cm³/mol. The Morgan fingerprint density at radius 1 is 0.878 bits per heavy atom. The third-order valence-electron chi connectivity index (χ3n) is 10.7. The van der Waals surface area contributed by atoms with E-state index in [0.29, 0.717) is 11.4 Å². The summed E-state index contributed by atoms with van der Waals surface area (Å²) in [4.78, 5) is 30.1. The molecule has 1 N–H and O–H groups in total. The van der Waals surface area contributed by atoms with Crippen LogP contribution in [0.4, 0.5) is 5.69 Å². The minimum Gasteiger partial charge on any atom is -0.497 e. The molecular weight excluding hydrogens is 635 g/mol. The Balaban J connectivity index is 1.32. The van der Waals surface area contributed by atoms with Crippen LogP contribution in [0.3, 0.4) is 0 Å². The van der Waals surface area contributed by atoms with Crippen LogP contribution in [0.15, 0.2) is 78.9 Å². The van der Waals surface area contributed by atoms with Gasteiger partial charge in [0.05, 0.1) is 19.1 Å². The number of methoxy groups -OCH3 is 1. The van der Waals surface area contributed by atoms with Gasteiger partial charge in [-0.3, -0.25) is 13.9 Å². The number of nitrogens with zero attached hydrogens (tertiary/aromatic N) is 2. The number of amides is 2. The average Bonchev–Trinajstić information content (AvgIpc) is 3.04. The van der Waals surface area contributed by atoms with Gasteiger partial charge in [0.1, 0.15) is 18.3 Å². The molecule has 0 heterocycles. The molecule has 0 saturated heterocycles. The molecule has 2 amide bonds. The summed E-state index contributed by atoms with van der Waals surface area (Å²) < 4.78 is 33.4. The van der Waals surface area contributed by atoms with E-state index < -0.39 is 34.1 Å². The Morgan fingerprint density at radius 2 is 1.47 bits per heavy atom. The number of carbonyl (C=O) groups excluding carboxylic acids is 2. The highest BCUT2D eigenvalue weighted by Gasteiger charge is 2.51. The van der Waals surface area contributed by atoms with Crippen LogP contribution >= 0.6 is 0 Å². The summed E-state index contributed by atoms with van der Waals surface area (Å²) in [6, 6.07) is 24.0. The molecule has 7 rings (SSSR count). The van der Waals surface area contributed by atoms with Gasteiger partial charge in [0, 0.05) is 18.5 Å². The largest absolute Gasteiger partial charge is 0.497 e. The van der Waals surface area contributed by atoms with Gasteiger partial charge in [-0.25, -0.2) is 8.42 Å². The van der Waals surface area contributed by atoms with Gasteiger partial charge in [-0.1, -0.05) is 54.6 Å². The third kappa shape index (κ3) is 8.14. The molecule has 4 aliphatic carbocycles. The van der Waals surface area contributed by atoms with E-state index in [0.717, 1.165) is 35.1 Å². The molecule has 8 nitrogen and oxygen atoms in total. The SMILES string of the molecule is COc1cccc(CN(C(=O)CN(c2ccc(C34CC5CC(CC(C5)C3)C4)cc2)S(C)(=O)=O)[C@@H](Cc2ccccc2)C(=O)NC(C)(C)C)c1. The van der Waals surface area contributed by atoms with E-state index in [2.05, 4.69) is 17.4 Å². The highest BCUT2D eigenvalue weighted by atomic mass is 32.2. The number of ether oxygens (including phenoxy) is 1. The van der Waals surface area contributed by atoms with Crippen LogP contribution in [0.1, 0.15) is 76.0 Å². The molecule has 4 saturated carbocycles. The molecule has 4 fully saturated rings. The van der Waals surface area contributed by atoms with Crippen molar-refractivity contribution in [2.75, 3.05) is 24.2 Å². The van der Waals surface area contributed by atoms with E-state index >= 15 is 0 Å². The summed E-state index contributed by atoms with van der Waals surface area (Å²) in [7, 11) is -2.28. The number of nitrogens with one attached hydrogen (secondary N) is 1. The molecule has 1 atom stereocenters. The molecule has 9 heteroatoms. The molecule has 0 aliphatic heterocycles. The molecular formula is C40H51N3O5S. The minimum absolute atomic E-state index is 0.0909. The Hall–Kier alpha value is -3.85. The van der Waals surface area contributed by atoms with Crippen LogP contribution < -0.4 is 14.4 Å². The Kier molecular flexibility index (Phi) is 9.86. The molecule has 3 aromatic rings. The summed E-state index contributed by atoms with van der Waals surface area (Å²) in [5.74, 6) is 2.24. The second kappa shape index (κ2) is 13.8. The number of hydrogen-bond acceptors (Lipinski definition) is 5. The van der Waals surface area contributed by atoms with Gasteiger partial charge in [0.15, 0.2) is 0 Å². The number of sulfonamides is 1. The van der Waals surface area contributed by atoms with Crippen LogP contribution in [-0.4, -0.2) is 56.6 Å². The molecule has 262 valence electrons. The van der Waals surface area contributed by atoms with Crippen LogP contribution in [0, 0.1) is 17.8 Å². The van der Waals surface area contributed by atoms with Crippen molar-refractivity contribution in [3.63, 3.8) is 0 Å². The fourth-order valence-corrected chi connectivity index (χ4v) is 9.88. The topological polar surface area (TPSA) is 96.0 Å². The van der Waals surface area contributed by atoms with E-state index in [1.54, 1.807) is 7.11 Å². The lowest BCUT2D eigenvalue weighted by Crippen LogP contribution is -2.56. The van der Waals surface area contributed by atoms with Gasteiger partial charge >= 0.3 is 0 Å². The maximum absolute atomic E-state index is 14.5. The van der Waals surface area contributed by atoms with Crippen molar-refractivity contribution >= 4 is 27.5 Å². The first-order valence-electron chi connectivity index (χ1n) is 17.6. The fraction of sp³-hybridized carbons (Fsp3) is 0.500. The van der Waals surface area contributed by atoms with Crippen molar-refractivity contribution in [1.82, 2.24) is 10.2 Å². The van der Waals surface area contributed by atoms with Crippen LogP contribution in [0.5, 0.6) is 5.75 Å². The van der Waals surface area contributed by atoms with Crippen LogP contribution in [0.2, 0.25) is 0 Å². The zero-order chi connectivity index (χ0) is 35.0. The molecule has 0 radical (unpaired) electrons. The zero-order valence-corrected chi connectivity index (χ0v) is 30.3. The zero-order valence-electron chi connectivity index (χ0n) is 29.5. The lowest BCUT2D eigenvalue weighted by Gasteiger charge is -2.57. The summed E-state index contributed by atoms with van der Waals surface area (Å²) >= 11 is 0. The smallest absolute Gasteiger partial charge is 0.244 e. The van der Waals surface area contributed by atoms with Crippen molar-refractivity contribution < 1.29 is 22.7 Å². The van der Waals surface area contributed by atoms with Gasteiger partial charge in [-0.05, 0) is 123 Å². The maximum Gasteiger partial charge on any atom is 0.244 e. The van der Waals surface area contributed by atoms with Gasteiger partial charge < -0.3 is 15.0 Å². The number of hydrogen-bond donors (Lipinski definition) is 1. The molecule has 49 heavy (non-hydrogen) atoms. The van der Waals surface area contributed by atoms with Crippen molar-refractivity contribution in [2.24, 2.45) is 17.8 Å². The van der Waals surface area contributed by atoms with E-state index in [1.807, 2.05) is 87.5 Å².